The third-order valence-corrected chi connectivity index (χ3v) is 7.20. The molecule has 4 aromatic rings. The van der Waals surface area contributed by atoms with Crippen molar-refractivity contribution in [3.05, 3.63) is 144 Å². The lowest BCUT2D eigenvalue weighted by Gasteiger charge is -2.47. The van der Waals surface area contributed by atoms with Gasteiger partial charge < -0.3 is 28.8 Å². The highest BCUT2D eigenvalue weighted by atomic mass is 35.5. The molecule has 0 saturated carbocycles. The van der Waals surface area contributed by atoms with Gasteiger partial charge in [0, 0.05) is 0 Å². The molecule has 6 nitrogen and oxygen atoms in total. The molecule has 1 aliphatic heterocycles. The van der Waals surface area contributed by atoms with E-state index < -0.39 is 29.7 Å². The molecule has 0 aromatic heterocycles. The molecule has 41 heavy (non-hydrogen) atoms. The molecule has 1 aliphatic rings. The number of halogens is 1. The minimum Gasteiger partial charge on any atom is -0.374 e. The Kier molecular flexibility index (Phi) is 10.6. The fourth-order valence-electron chi connectivity index (χ4n) is 4.80. The summed E-state index contributed by atoms with van der Waals surface area (Å²) in [5.41, 5.74) is 3.91. The summed E-state index contributed by atoms with van der Waals surface area (Å²) in [6, 6.07) is 39.2. The molecule has 5 rings (SSSR count). The van der Waals surface area contributed by atoms with Crippen LogP contribution < -0.4 is 0 Å². The van der Waals surface area contributed by atoms with Crippen LogP contribution in [0, 0.1) is 0 Å². The fraction of sp³-hybridized carbons (Fsp3) is 0.294. The number of alkyl halides is 1. The highest BCUT2D eigenvalue weighted by molar-refractivity contribution is 6.22. The standard InChI is InChI=1S/C34H35ClO6/c35-34(36)33(40-24-29-19-11-4-12-20-29)32(39-23-28-17-9-3-10-18-28)31(38-22-27-15-7-2-8-16-27)30(41-34)25-37-21-26-13-5-1-6-14-26/h1-20,30-33,36H,21-25H2/t30-,31+,32+,33-,34-/m1/s1. The van der Waals surface area contributed by atoms with Crippen LogP contribution >= 0.6 is 11.6 Å². The zero-order valence-corrected chi connectivity index (χ0v) is 23.5. The van der Waals surface area contributed by atoms with Crippen LogP contribution in [-0.4, -0.2) is 41.4 Å². The Bertz CT molecular complexity index is 1290. The Morgan fingerprint density at radius 2 is 0.951 bits per heavy atom. The Morgan fingerprint density at radius 3 is 1.41 bits per heavy atom. The van der Waals surface area contributed by atoms with Crippen molar-refractivity contribution in [2.45, 2.75) is 56.1 Å². The quantitative estimate of drug-likeness (QED) is 0.191. The number of rotatable bonds is 13. The second kappa shape index (κ2) is 14.7. The molecule has 7 heteroatoms. The molecule has 1 N–H and O–H groups in total. The van der Waals surface area contributed by atoms with Crippen LogP contribution in [0.25, 0.3) is 0 Å². The lowest BCUT2D eigenvalue weighted by atomic mass is 9.97. The van der Waals surface area contributed by atoms with E-state index in [1.54, 1.807) is 0 Å². The summed E-state index contributed by atoms with van der Waals surface area (Å²) in [7, 11) is 0. The van der Waals surface area contributed by atoms with Gasteiger partial charge in [-0.05, 0) is 22.3 Å². The lowest BCUT2D eigenvalue weighted by Crippen LogP contribution is -2.65. The van der Waals surface area contributed by atoms with Crippen LogP contribution in [0.2, 0.25) is 0 Å². The van der Waals surface area contributed by atoms with Crippen molar-refractivity contribution in [3.63, 3.8) is 0 Å². The SMILES string of the molecule is O[C@@]1(Cl)O[C@H](COCc2ccccc2)[C@H](OCc2ccccc2)[C@H](OCc2ccccc2)[C@H]1OCc1ccccc1. The normalized spacial score (nSPS) is 24.2. The summed E-state index contributed by atoms with van der Waals surface area (Å²) in [5, 5.41) is 9.22. The Balaban J connectivity index is 1.39. The maximum Gasteiger partial charge on any atom is 0.276 e. The molecule has 1 fully saturated rings. The van der Waals surface area contributed by atoms with E-state index in [4.69, 9.17) is 35.3 Å². The summed E-state index contributed by atoms with van der Waals surface area (Å²) in [4.78, 5) is 0. The van der Waals surface area contributed by atoms with E-state index >= 15 is 0 Å². The molecule has 1 saturated heterocycles. The molecule has 0 spiro atoms. The van der Waals surface area contributed by atoms with Crippen molar-refractivity contribution in [2.24, 2.45) is 0 Å². The van der Waals surface area contributed by atoms with Gasteiger partial charge in [0.1, 0.15) is 18.3 Å². The molecule has 0 unspecified atom stereocenters. The predicted molar refractivity (Wildman–Crippen MR) is 157 cm³/mol. The van der Waals surface area contributed by atoms with E-state index in [9.17, 15) is 5.11 Å². The van der Waals surface area contributed by atoms with Crippen LogP contribution in [0.1, 0.15) is 22.3 Å². The maximum absolute atomic E-state index is 11.4. The lowest BCUT2D eigenvalue weighted by molar-refractivity contribution is -0.337. The molecule has 0 radical (unpaired) electrons. The molecule has 0 aliphatic carbocycles. The monoisotopic (exact) mass is 574 g/mol. The molecule has 0 amide bonds. The third-order valence-electron chi connectivity index (χ3n) is 6.89. The minimum atomic E-state index is -2.18. The first kappa shape index (κ1) is 29.4. The van der Waals surface area contributed by atoms with Crippen LogP contribution in [0.4, 0.5) is 0 Å². The van der Waals surface area contributed by atoms with Crippen molar-refractivity contribution in [3.8, 4) is 0 Å². The van der Waals surface area contributed by atoms with E-state index in [-0.39, 0.29) is 19.8 Å². The number of ether oxygens (including phenoxy) is 5. The van der Waals surface area contributed by atoms with Gasteiger partial charge in [0.05, 0.1) is 33.0 Å². The summed E-state index contributed by atoms with van der Waals surface area (Å²) in [6.45, 7) is 1.28. The number of hydrogen-bond donors (Lipinski definition) is 1. The first-order valence-electron chi connectivity index (χ1n) is 13.8. The van der Waals surface area contributed by atoms with Crippen molar-refractivity contribution >= 4 is 11.6 Å². The van der Waals surface area contributed by atoms with Gasteiger partial charge in [-0.15, -0.1) is 0 Å². The first-order valence-corrected chi connectivity index (χ1v) is 14.1. The molecule has 0 bridgehead atoms. The largest absolute Gasteiger partial charge is 0.374 e. The topological polar surface area (TPSA) is 66.4 Å². The maximum atomic E-state index is 11.4. The van der Waals surface area contributed by atoms with E-state index in [0.29, 0.717) is 13.2 Å². The third kappa shape index (κ3) is 8.47. The highest BCUT2D eigenvalue weighted by Crippen LogP contribution is 2.38. The highest BCUT2D eigenvalue weighted by Gasteiger charge is 2.55. The van der Waals surface area contributed by atoms with Crippen LogP contribution in [0.3, 0.4) is 0 Å². The van der Waals surface area contributed by atoms with Gasteiger partial charge in [0.25, 0.3) is 5.25 Å². The smallest absolute Gasteiger partial charge is 0.276 e. The predicted octanol–water partition coefficient (Wildman–Crippen LogP) is 6.24. The Hall–Kier alpha value is -3.07. The van der Waals surface area contributed by atoms with Gasteiger partial charge in [-0.25, -0.2) is 0 Å². The second-order valence-corrected chi connectivity index (χ2v) is 10.5. The van der Waals surface area contributed by atoms with Crippen LogP contribution in [0.5, 0.6) is 0 Å². The van der Waals surface area contributed by atoms with Gasteiger partial charge in [0.15, 0.2) is 6.10 Å². The zero-order valence-electron chi connectivity index (χ0n) is 22.8. The number of aliphatic hydroxyl groups is 1. The summed E-state index contributed by atoms with van der Waals surface area (Å²) >= 11 is 6.67. The molecular weight excluding hydrogens is 540 g/mol. The Labute approximate surface area is 246 Å². The van der Waals surface area contributed by atoms with Gasteiger partial charge in [-0.1, -0.05) is 133 Å². The summed E-state index contributed by atoms with van der Waals surface area (Å²) < 4.78 is 31.3. The van der Waals surface area contributed by atoms with Crippen molar-refractivity contribution < 1.29 is 28.8 Å². The van der Waals surface area contributed by atoms with Crippen molar-refractivity contribution in [1.82, 2.24) is 0 Å². The summed E-state index contributed by atoms with van der Waals surface area (Å²) in [6.07, 6.45) is -3.22. The van der Waals surface area contributed by atoms with Gasteiger partial charge >= 0.3 is 0 Å². The van der Waals surface area contributed by atoms with E-state index in [1.165, 1.54) is 0 Å². The average Bonchev–Trinajstić information content (AvgIpc) is 3.01. The van der Waals surface area contributed by atoms with E-state index in [1.807, 2.05) is 121 Å². The van der Waals surface area contributed by atoms with Gasteiger partial charge in [-0.3, -0.25) is 0 Å². The van der Waals surface area contributed by atoms with E-state index in [0.717, 1.165) is 22.3 Å². The van der Waals surface area contributed by atoms with Gasteiger partial charge in [-0.2, -0.15) is 0 Å². The number of hydrogen-bond acceptors (Lipinski definition) is 6. The average molecular weight is 575 g/mol. The zero-order chi connectivity index (χ0) is 28.3. The number of benzene rings is 4. The molecular formula is C34H35ClO6. The van der Waals surface area contributed by atoms with Gasteiger partial charge in [0.2, 0.25) is 0 Å². The van der Waals surface area contributed by atoms with Crippen molar-refractivity contribution in [2.75, 3.05) is 6.61 Å². The molecule has 5 atom stereocenters. The van der Waals surface area contributed by atoms with Crippen LogP contribution in [0.15, 0.2) is 121 Å². The molecule has 214 valence electrons. The second-order valence-electron chi connectivity index (χ2n) is 10.0. The summed E-state index contributed by atoms with van der Waals surface area (Å²) in [5.74, 6) is 0. The molecule has 4 aromatic carbocycles. The van der Waals surface area contributed by atoms with Crippen molar-refractivity contribution in [1.29, 1.82) is 0 Å². The Morgan fingerprint density at radius 1 is 0.561 bits per heavy atom. The fourth-order valence-corrected chi connectivity index (χ4v) is 5.11. The molecule has 1 heterocycles. The van der Waals surface area contributed by atoms with Crippen LogP contribution in [-0.2, 0) is 50.1 Å². The van der Waals surface area contributed by atoms with E-state index in [2.05, 4.69) is 0 Å². The first-order chi connectivity index (χ1) is 20.1. The minimum absolute atomic E-state index is 0.125.